The summed E-state index contributed by atoms with van der Waals surface area (Å²) in [7, 11) is 1.28. The maximum absolute atomic E-state index is 14.8. The quantitative estimate of drug-likeness (QED) is 0.0514. The largest absolute Gasteiger partial charge is 0.495 e. The second-order valence-electron chi connectivity index (χ2n) is 19.3. The van der Waals surface area contributed by atoms with Crippen molar-refractivity contribution in [1.82, 2.24) is 10.3 Å². The number of amides is 6. The highest BCUT2D eigenvalue weighted by Gasteiger charge is 2.46. The molecule has 0 saturated carbocycles. The number of halogens is 14. The summed E-state index contributed by atoms with van der Waals surface area (Å²) in [6, 6.07) is 24.3. The number of anilines is 5. The molecule has 28 heteroatoms. The number of para-hydroxylation sites is 2. The standard InChI is InChI=1S/C22H15F5N2O3.C21H14F5N3O2.C19H18ClF3N2O2/c1-32-19-5-3-2-4-18(19)29-21(31)22(26,27)14-10-12(6-8-15(14)23)20(30)28-13-7-9-16(24)17(25)11-13;1-11-2-7-18(27-10-11)29-20(31)21(25,26)14-8-12(3-5-15(14)22)19(30)28-13-4-6-16(23)17(24)9-13;1-10(2)24-18(27)19(22,23)14-9-12(4-6-15(14)20)17(26)25-13-5-7-16(21)11(3)8-13/h2-11H,1H3,(H,28,30)(H,29,31);2-10H,1H3,(H,28,30)(H,27,29,31);4-10H,1-3H3,(H,24,27)(H,25,26). The van der Waals surface area contributed by atoms with Gasteiger partial charge in [-0.2, -0.15) is 26.3 Å². The Kier molecular flexibility index (Phi) is 22.3. The number of alkyl halides is 6. The number of nitrogens with one attached hydrogen (secondary N) is 6. The number of benzene rings is 7. The Labute approximate surface area is 507 Å². The van der Waals surface area contributed by atoms with Crippen molar-refractivity contribution in [1.29, 1.82) is 0 Å². The zero-order valence-corrected chi connectivity index (χ0v) is 47.9. The van der Waals surface area contributed by atoms with Crippen molar-refractivity contribution in [3.63, 3.8) is 0 Å². The van der Waals surface area contributed by atoms with Gasteiger partial charge in [0.2, 0.25) is 0 Å². The van der Waals surface area contributed by atoms with Gasteiger partial charge in [-0.1, -0.05) is 29.8 Å². The van der Waals surface area contributed by atoms with Gasteiger partial charge in [-0.15, -0.1) is 0 Å². The maximum atomic E-state index is 14.8. The SMILES string of the molecule is COc1ccccc1NC(=O)C(F)(F)c1cc(C(=O)Nc2ccc(F)c(F)c2)ccc1F.Cc1cc(NC(=O)c2ccc(Cl)c(C(F)(F)C(=O)NC(C)C)c2)ccc1F.Cc1ccc(NC(=O)C(F)(F)c2cc(C(=O)Nc3ccc(F)c(F)c3)ccc2F)nc1. The lowest BCUT2D eigenvalue weighted by Gasteiger charge is -2.20. The van der Waals surface area contributed by atoms with Gasteiger partial charge in [-0.25, -0.2) is 35.7 Å². The van der Waals surface area contributed by atoms with E-state index in [0.29, 0.717) is 47.6 Å². The fourth-order valence-electron chi connectivity index (χ4n) is 7.61. The molecule has 7 aromatic carbocycles. The molecule has 8 rings (SSSR count). The molecule has 0 aliphatic heterocycles. The zero-order chi connectivity index (χ0) is 66.6. The molecule has 0 spiro atoms. The van der Waals surface area contributed by atoms with Crippen LogP contribution in [0.3, 0.4) is 0 Å². The monoisotopic (exact) mass is 1280 g/mol. The molecular formula is C62H47ClF13N7O7. The Bertz CT molecular complexity index is 4030. The van der Waals surface area contributed by atoms with Crippen molar-refractivity contribution in [2.24, 2.45) is 0 Å². The Morgan fingerprint density at radius 2 is 0.878 bits per heavy atom. The molecule has 0 atom stereocenters. The van der Waals surface area contributed by atoms with Crippen molar-refractivity contribution in [2.45, 2.75) is 51.5 Å². The number of ether oxygens (including phenoxy) is 1. The van der Waals surface area contributed by atoms with E-state index in [1.54, 1.807) is 26.8 Å². The number of carbonyl (C=O) groups is 6. The highest BCUT2D eigenvalue weighted by Crippen LogP contribution is 2.37. The van der Waals surface area contributed by atoms with E-state index in [2.05, 4.69) is 26.3 Å². The number of methoxy groups -OCH3 is 1. The first-order valence-electron chi connectivity index (χ1n) is 25.9. The average Bonchev–Trinajstić information content (AvgIpc) is 0.844. The van der Waals surface area contributed by atoms with E-state index in [1.807, 2.05) is 10.6 Å². The summed E-state index contributed by atoms with van der Waals surface area (Å²) >= 11 is 5.83. The number of hydrogen-bond donors (Lipinski definition) is 6. The predicted molar refractivity (Wildman–Crippen MR) is 306 cm³/mol. The molecular weight excluding hydrogens is 1240 g/mol. The van der Waals surface area contributed by atoms with E-state index < -0.39 is 128 Å². The van der Waals surface area contributed by atoms with Crippen LogP contribution in [0.2, 0.25) is 5.02 Å². The highest BCUT2D eigenvalue weighted by molar-refractivity contribution is 6.32. The first kappa shape index (κ1) is 68.8. The van der Waals surface area contributed by atoms with Gasteiger partial charge in [0.15, 0.2) is 23.3 Å². The van der Waals surface area contributed by atoms with Gasteiger partial charge in [-0.05, 0) is 154 Å². The van der Waals surface area contributed by atoms with Crippen molar-refractivity contribution in [3.8, 4) is 5.75 Å². The minimum atomic E-state index is -4.36. The first-order valence-corrected chi connectivity index (χ1v) is 26.2. The lowest BCUT2D eigenvalue weighted by Crippen LogP contribution is -2.41. The first-order chi connectivity index (χ1) is 42.2. The summed E-state index contributed by atoms with van der Waals surface area (Å²) in [5, 5.41) is 12.5. The van der Waals surface area contributed by atoms with Crippen LogP contribution in [-0.2, 0) is 32.2 Å². The van der Waals surface area contributed by atoms with Crippen LogP contribution < -0.4 is 36.6 Å². The van der Waals surface area contributed by atoms with Gasteiger partial charge in [0, 0.05) is 58.1 Å². The van der Waals surface area contributed by atoms with E-state index in [9.17, 15) is 85.8 Å². The molecule has 0 fully saturated rings. The number of hydrogen-bond acceptors (Lipinski definition) is 8. The van der Waals surface area contributed by atoms with Gasteiger partial charge in [0.05, 0.1) is 34.5 Å². The van der Waals surface area contributed by atoms with Crippen LogP contribution in [0.25, 0.3) is 0 Å². The van der Waals surface area contributed by atoms with Crippen molar-refractivity contribution < 1.29 is 90.6 Å². The van der Waals surface area contributed by atoms with Crippen LogP contribution in [0.15, 0.2) is 152 Å². The summed E-state index contributed by atoms with van der Waals surface area (Å²) in [5.74, 6) is -28.6. The maximum Gasteiger partial charge on any atom is 0.352 e. The molecule has 90 heavy (non-hydrogen) atoms. The second-order valence-corrected chi connectivity index (χ2v) is 19.8. The summed E-state index contributed by atoms with van der Waals surface area (Å²) in [6.45, 7) is 6.33. The average molecular weight is 1280 g/mol. The molecule has 470 valence electrons. The van der Waals surface area contributed by atoms with Crippen LogP contribution in [0.1, 0.15) is 72.7 Å². The minimum absolute atomic E-state index is 0.0627. The molecule has 14 nitrogen and oxygen atoms in total. The molecule has 0 radical (unpaired) electrons. The van der Waals surface area contributed by atoms with Gasteiger partial charge in [-0.3, -0.25) is 28.8 Å². The molecule has 0 saturated heterocycles. The normalized spacial score (nSPS) is 11.2. The zero-order valence-electron chi connectivity index (χ0n) is 47.1. The molecule has 6 N–H and O–H groups in total. The molecule has 1 heterocycles. The fourth-order valence-corrected chi connectivity index (χ4v) is 7.84. The number of pyridine rings is 1. The Balaban J connectivity index is 0.000000216. The summed E-state index contributed by atoms with van der Waals surface area (Å²) in [5.41, 5.74) is -3.44. The third-order valence-corrected chi connectivity index (χ3v) is 12.6. The van der Waals surface area contributed by atoms with Crippen molar-refractivity contribution in [2.75, 3.05) is 33.7 Å². The Hall–Kier alpha value is -10.3. The van der Waals surface area contributed by atoms with Crippen molar-refractivity contribution in [3.05, 3.63) is 242 Å². The van der Waals surface area contributed by atoms with Gasteiger partial charge in [0.25, 0.3) is 29.5 Å². The highest BCUT2D eigenvalue weighted by atomic mass is 35.5. The molecule has 0 aliphatic carbocycles. The second kappa shape index (κ2) is 29.1. The number of carbonyl (C=O) groups excluding carboxylic acids is 6. The van der Waals surface area contributed by atoms with Crippen LogP contribution in [0.5, 0.6) is 5.75 Å². The molecule has 1 aromatic heterocycles. The van der Waals surface area contributed by atoms with Crippen LogP contribution >= 0.6 is 11.6 Å². The fraction of sp³-hybridized carbons (Fsp3) is 0.145. The van der Waals surface area contributed by atoms with Crippen LogP contribution in [0.4, 0.5) is 85.6 Å². The number of aromatic nitrogens is 1. The van der Waals surface area contributed by atoms with E-state index in [0.717, 1.165) is 54.1 Å². The van der Waals surface area contributed by atoms with E-state index in [4.69, 9.17) is 16.3 Å². The number of rotatable bonds is 16. The van der Waals surface area contributed by atoms with Crippen LogP contribution in [0, 0.1) is 54.6 Å². The Morgan fingerprint density at radius 1 is 0.456 bits per heavy atom. The summed E-state index contributed by atoms with van der Waals surface area (Å²) < 4.78 is 187. The summed E-state index contributed by atoms with van der Waals surface area (Å²) in [4.78, 5) is 76.9. The lowest BCUT2D eigenvalue weighted by atomic mass is 10.0. The number of nitrogens with zero attached hydrogens (tertiary/aromatic N) is 1. The van der Waals surface area contributed by atoms with Gasteiger partial charge in [0.1, 0.15) is 29.0 Å². The Morgan fingerprint density at radius 3 is 1.32 bits per heavy atom. The van der Waals surface area contributed by atoms with Gasteiger partial charge >= 0.3 is 23.7 Å². The number of aryl methyl sites for hydroxylation is 2. The molecule has 0 bridgehead atoms. The molecule has 8 aromatic rings. The smallest absolute Gasteiger partial charge is 0.352 e. The topological polar surface area (TPSA) is 197 Å². The van der Waals surface area contributed by atoms with Gasteiger partial charge < -0.3 is 36.6 Å². The van der Waals surface area contributed by atoms with Crippen LogP contribution in [-0.4, -0.2) is 53.6 Å². The van der Waals surface area contributed by atoms with E-state index in [1.165, 1.54) is 74.8 Å². The summed E-state index contributed by atoms with van der Waals surface area (Å²) in [6.07, 6.45) is 1.34. The van der Waals surface area contributed by atoms with E-state index >= 15 is 0 Å². The van der Waals surface area contributed by atoms with E-state index in [-0.39, 0.29) is 39.2 Å². The van der Waals surface area contributed by atoms with Crippen molar-refractivity contribution >= 4 is 75.6 Å². The predicted octanol–water partition coefficient (Wildman–Crippen LogP) is 14.5. The minimum Gasteiger partial charge on any atom is -0.495 e. The molecule has 0 aliphatic rings. The molecule has 0 unspecified atom stereocenters. The lowest BCUT2D eigenvalue weighted by molar-refractivity contribution is -0.147. The third kappa shape index (κ3) is 17.3. The molecule has 6 amide bonds. The third-order valence-electron chi connectivity index (χ3n) is 12.3.